The van der Waals surface area contributed by atoms with Gasteiger partial charge in [0.05, 0.1) is 9.79 Å². The van der Waals surface area contributed by atoms with E-state index in [9.17, 15) is 8.42 Å². The van der Waals surface area contributed by atoms with Crippen LogP contribution in [-0.4, -0.2) is 14.0 Å². The topological polar surface area (TPSA) is 52.6 Å². The van der Waals surface area contributed by atoms with E-state index < -0.39 is 9.84 Å². The van der Waals surface area contributed by atoms with Crippen LogP contribution in [0.3, 0.4) is 0 Å². The molecule has 4 aromatic carbocycles. The predicted molar refractivity (Wildman–Crippen MR) is 155 cm³/mol. The second-order valence-corrected chi connectivity index (χ2v) is 12.7. The van der Waals surface area contributed by atoms with E-state index >= 15 is 0 Å². The Bertz CT molecular complexity index is 1500. The van der Waals surface area contributed by atoms with Crippen molar-refractivity contribution in [2.75, 3.05) is 0 Å². The predicted octanol–water partition coefficient (Wildman–Crippen LogP) is 9.11. The molecule has 0 aliphatic carbocycles. The first-order valence-electron chi connectivity index (χ1n) is 13.4. The van der Waals surface area contributed by atoms with Gasteiger partial charge in [-0.3, -0.25) is 0 Å². The molecule has 4 rings (SSSR count). The van der Waals surface area contributed by atoms with Crippen LogP contribution in [0.5, 0.6) is 17.2 Å². The minimum atomic E-state index is -3.62. The van der Waals surface area contributed by atoms with Gasteiger partial charge in [-0.05, 0) is 116 Å². The standard InChI is InChI=1S/C33H38O4S/c1-7-32(4,5)37-29-15-11-24-22-28(14-10-25(24)23-29)36-27-16-20-31(21-17-27)38(34,35)30-18-12-26(13-19-30)33(6,8-2)9-3/h10-23H,7-9H2,1-6H3. The molecule has 0 atom stereocenters. The van der Waals surface area contributed by atoms with Gasteiger partial charge in [0.1, 0.15) is 22.8 Å². The highest BCUT2D eigenvalue weighted by Gasteiger charge is 2.24. The number of benzene rings is 4. The lowest BCUT2D eigenvalue weighted by Crippen LogP contribution is -2.26. The summed E-state index contributed by atoms with van der Waals surface area (Å²) in [6, 6.07) is 25.8. The Labute approximate surface area is 227 Å². The third-order valence-electron chi connectivity index (χ3n) is 7.82. The molecule has 0 heterocycles. The molecular weight excluding hydrogens is 492 g/mol. The van der Waals surface area contributed by atoms with Gasteiger partial charge < -0.3 is 9.47 Å². The fraction of sp³-hybridized carbons (Fsp3) is 0.333. The highest BCUT2D eigenvalue weighted by atomic mass is 32.2. The minimum absolute atomic E-state index is 0.0477. The van der Waals surface area contributed by atoms with Gasteiger partial charge in [0, 0.05) is 0 Å². The van der Waals surface area contributed by atoms with Gasteiger partial charge in [-0.2, -0.15) is 0 Å². The van der Waals surface area contributed by atoms with Crippen LogP contribution >= 0.6 is 0 Å². The molecule has 0 saturated carbocycles. The van der Waals surface area contributed by atoms with Crippen LogP contribution in [0.25, 0.3) is 10.8 Å². The van der Waals surface area contributed by atoms with E-state index in [4.69, 9.17) is 9.47 Å². The molecule has 0 radical (unpaired) electrons. The van der Waals surface area contributed by atoms with Crippen LogP contribution in [-0.2, 0) is 15.3 Å². The summed E-state index contributed by atoms with van der Waals surface area (Å²) in [5.41, 5.74) is 0.992. The van der Waals surface area contributed by atoms with Crippen molar-refractivity contribution in [3.63, 3.8) is 0 Å². The largest absolute Gasteiger partial charge is 0.488 e. The molecule has 0 N–H and O–H groups in total. The quantitative estimate of drug-likeness (QED) is 0.205. The van der Waals surface area contributed by atoms with Crippen molar-refractivity contribution in [1.82, 2.24) is 0 Å². The molecular formula is C33H38O4S. The first kappa shape index (κ1) is 27.7. The summed E-state index contributed by atoms with van der Waals surface area (Å²) < 4.78 is 38.6. The smallest absolute Gasteiger partial charge is 0.206 e. The van der Waals surface area contributed by atoms with E-state index in [1.807, 2.05) is 48.5 Å². The Morgan fingerprint density at radius 2 is 1.08 bits per heavy atom. The molecule has 4 nitrogen and oxygen atoms in total. The average molecular weight is 531 g/mol. The molecule has 0 bridgehead atoms. The summed E-state index contributed by atoms with van der Waals surface area (Å²) in [5.74, 6) is 2.10. The zero-order chi connectivity index (χ0) is 27.6. The molecule has 4 aromatic rings. The molecule has 200 valence electrons. The van der Waals surface area contributed by atoms with Gasteiger partial charge in [-0.15, -0.1) is 0 Å². The zero-order valence-electron chi connectivity index (χ0n) is 23.2. The molecule has 0 saturated heterocycles. The maximum atomic E-state index is 13.2. The van der Waals surface area contributed by atoms with Crippen LogP contribution in [0.4, 0.5) is 0 Å². The van der Waals surface area contributed by atoms with Crippen LogP contribution < -0.4 is 9.47 Å². The highest BCUT2D eigenvalue weighted by molar-refractivity contribution is 7.91. The van der Waals surface area contributed by atoms with Crippen molar-refractivity contribution < 1.29 is 17.9 Å². The lowest BCUT2D eigenvalue weighted by molar-refractivity contribution is 0.105. The number of hydrogen-bond acceptors (Lipinski definition) is 4. The van der Waals surface area contributed by atoms with Crippen LogP contribution in [0.1, 0.15) is 66.4 Å². The van der Waals surface area contributed by atoms with Crippen molar-refractivity contribution in [3.8, 4) is 17.2 Å². The van der Waals surface area contributed by atoms with E-state index in [0.717, 1.165) is 41.3 Å². The summed E-state index contributed by atoms with van der Waals surface area (Å²) in [4.78, 5) is 0.539. The normalized spacial score (nSPS) is 12.5. The minimum Gasteiger partial charge on any atom is -0.488 e. The van der Waals surface area contributed by atoms with Gasteiger partial charge in [0.2, 0.25) is 9.84 Å². The highest BCUT2D eigenvalue weighted by Crippen LogP contribution is 2.33. The van der Waals surface area contributed by atoms with Gasteiger partial charge in [0.15, 0.2) is 0 Å². The van der Waals surface area contributed by atoms with E-state index in [2.05, 4.69) is 41.5 Å². The first-order valence-corrected chi connectivity index (χ1v) is 14.8. The Kier molecular flexibility index (Phi) is 7.89. The summed E-state index contributed by atoms with van der Waals surface area (Å²) in [6.07, 6.45) is 2.92. The van der Waals surface area contributed by atoms with Crippen LogP contribution in [0.2, 0.25) is 0 Å². The summed E-state index contributed by atoms with van der Waals surface area (Å²) >= 11 is 0. The van der Waals surface area contributed by atoms with Gasteiger partial charge in [-0.1, -0.05) is 52.0 Å². The average Bonchev–Trinajstić information content (AvgIpc) is 2.93. The number of fused-ring (bicyclic) bond motifs is 1. The molecule has 0 aliphatic rings. The summed E-state index contributed by atoms with van der Waals surface area (Å²) in [7, 11) is -3.62. The lowest BCUT2D eigenvalue weighted by Gasteiger charge is -2.27. The molecule has 0 aromatic heterocycles. The van der Waals surface area contributed by atoms with E-state index in [1.54, 1.807) is 36.4 Å². The number of ether oxygens (including phenoxy) is 2. The van der Waals surface area contributed by atoms with Crippen LogP contribution in [0, 0.1) is 0 Å². The van der Waals surface area contributed by atoms with E-state index in [1.165, 1.54) is 0 Å². The maximum Gasteiger partial charge on any atom is 0.206 e. The number of sulfone groups is 1. The second-order valence-electron chi connectivity index (χ2n) is 10.8. The number of hydrogen-bond donors (Lipinski definition) is 0. The molecule has 38 heavy (non-hydrogen) atoms. The van der Waals surface area contributed by atoms with Gasteiger partial charge in [-0.25, -0.2) is 8.42 Å². The monoisotopic (exact) mass is 530 g/mol. The maximum absolute atomic E-state index is 13.2. The fourth-order valence-corrected chi connectivity index (χ4v) is 5.63. The van der Waals surface area contributed by atoms with E-state index in [-0.39, 0.29) is 15.9 Å². The third kappa shape index (κ3) is 5.88. The summed E-state index contributed by atoms with van der Waals surface area (Å²) in [5, 5.41) is 2.10. The number of rotatable bonds is 10. The lowest BCUT2D eigenvalue weighted by atomic mass is 9.78. The first-order chi connectivity index (χ1) is 18.0. The molecule has 0 amide bonds. The zero-order valence-corrected chi connectivity index (χ0v) is 24.1. The molecule has 0 spiro atoms. The SMILES string of the molecule is CCC(C)(C)Oc1ccc2cc(Oc3ccc(S(=O)(=O)c4ccc(C(C)(CC)CC)cc4)cc3)ccc2c1. The molecule has 0 fully saturated rings. The Balaban J connectivity index is 1.49. The van der Waals surface area contributed by atoms with Gasteiger partial charge >= 0.3 is 0 Å². The molecule has 0 aliphatic heterocycles. The van der Waals surface area contributed by atoms with Crippen molar-refractivity contribution in [3.05, 3.63) is 90.5 Å². The van der Waals surface area contributed by atoms with Gasteiger partial charge in [0.25, 0.3) is 0 Å². The van der Waals surface area contributed by atoms with Crippen molar-refractivity contribution >= 4 is 20.6 Å². The fourth-order valence-electron chi connectivity index (χ4n) is 4.37. The van der Waals surface area contributed by atoms with Crippen molar-refractivity contribution in [2.24, 2.45) is 0 Å². The molecule has 0 unspecified atom stereocenters. The third-order valence-corrected chi connectivity index (χ3v) is 9.61. The molecule has 5 heteroatoms. The Hall–Kier alpha value is -3.31. The Morgan fingerprint density at radius 1 is 0.605 bits per heavy atom. The summed E-state index contributed by atoms with van der Waals surface area (Å²) in [6.45, 7) is 12.8. The Morgan fingerprint density at radius 3 is 1.61 bits per heavy atom. The van der Waals surface area contributed by atoms with E-state index in [0.29, 0.717) is 16.4 Å². The second kappa shape index (κ2) is 10.8. The van der Waals surface area contributed by atoms with Crippen molar-refractivity contribution in [1.29, 1.82) is 0 Å². The van der Waals surface area contributed by atoms with Crippen LogP contribution in [0.15, 0.2) is 94.7 Å². The van der Waals surface area contributed by atoms with Crippen molar-refractivity contribution in [2.45, 2.75) is 81.6 Å².